The number of aromatic nitrogens is 2. The quantitative estimate of drug-likeness (QED) is 0.791. The highest BCUT2D eigenvalue weighted by molar-refractivity contribution is 5.30. The van der Waals surface area contributed by atoms with E-state index in [1.807, 2.05) is 7.05 Å². The lowest BCUT2D eigenvalue weighted by molar-refractivity contribution is 0.493. The van der Waals surface area contributed by atoms with Crippen molar-refractivity contribution in [3.63, 3.8) is 0 Å². The summed E-state index contributed by atoms with van der Waals surface area (Å²) in [6.07, 6.45) is 3.68. The second kappa shape index (κ2) is 3.73. The third kappa shape index (κ3) is 1.46. The van der Waals surface area contributed by atoms with Crippen LogP contribution in [0.5, 0.6) is 0 Å². The molecule has 0 spiro atoms. The summed E-state index contributed by atoms with van der Waals surface area (Å²) in [6.45, 7) is 5.34. The monoisotopic (exact) mass is 193 g/mol. The molecular weight excluding hydrogens is 174 g/mol. The van der Waals surface area contributed by atoms with Crippen molar-refractivity contribution in [2.24, 2.45) is 0 Å². The highest BCUT2D eigenvalue weighted by Crippen LogP contribution is 2.26. The highest BCUT2D eigenvalue weighted by atomic mass is 15.3. The molecule has 2 rings (SSSR count). The summed E-state index contributed by atoms with van der Waals surface area (Å²) < 4.78 is 2.18. The Labute approximate surface area is 85.5 Å². The van der Waals surface area contributed by atoms with E-state index < -0.39 is 0 Å². The van der Waals surface area contributed by atoms with E-state index in [-0.39, 0.29) is 0 Å². The van der Waals surface area contributed by atoms with Crippen LogP contribution in [0.3, 0.4) is 0 Å². The van der Waals surface area contributed by atoms with E-state index in [2.05, 4.69) is 28.9 Å². The maximum Gasteiger partial charge on any atom is 0.0660 e. The molecule has 1 aromatic rings. The fourth-order valence-electron chi connectivity index (χ4n) is 2.26. The Hall–Kier alpha value is -0.830. The van der Waals surface area contributed by atoms with Gasteiger partial charge in [0.1, 0.15) is 0 Å². The van der Waals surface area contributed by atoms with Gasteiger partial charge in [-0.3, -0.25) is 4.68 Å². The van der Waals surface area contributed by atoms with E-state index in [4.69, 9.17) is 0 Å². The molecule has 1 N–H and O–H groups in total. The number of rotatable bonds is 3. The lowest BCUT2D eigenvalue weighted by Gasteiger charge is -2.12. The molecule has 1 aliphatic carbocycles. The van der Waals surface area contributed by atoms with Crippen molar-refractivity contribution in [1.82, 2.24) is 15.1 Å². The van der Waals surface area contributed by atoms with Crippen LogP contribution in [-0.4, -0.2) is 16.8 Å². The third-order valence-corrected chi connectivity index (χ3v) is 2.88. The number of nitrogens with zero attached hydrogens (tertiary/aromatic N) is 2. The third-order valence-electron chi connectivity index (χ3n) is 2.88. The van der Waals surface area contributed by atoms with Crippen molar-refractivity contribution in [3.05, 3.63) is 17.0 Å². The van der Waals surface area contributed by atoms with Crippen LogP contribution in [-0.2, 0) is 19.4 Å². The zero-order chi connectivity index (χ0) is 10.1. The molecule has 0 bridgehead atoms. The van der Waals surface area contributed by atoms with Crippen molar-refractivity contribution in [1.29, 1.82) is 0 Å². The van der Waals surface area contributed by atoms with Gasteiger partial charge >= 0.3 is 0 Å². The van der Waals surface area contributed by atoms with Gasteiger partial charge in [0.15, 0.2) is 0 Å². The van der Waals surface area contributed by atoms with Gasteiger partial charge in [-0.2, -0.15) is 5.10 Å². The van der Waals surface area contributed by atoms with E-state index in [1.165, 1.54) is 36.2 Å². The molecule has 0 saturated carbocycles. The number of hydrogen-bond donors (Lipinski definition) is 1. The Morgan fingerprint density at radius 1 is 1.43 bits per heavy atom. The largest absolute Gasteiger partial charge is 0.314 e. The van der Waals surface area contributed by atoms with E-state index >= 15 is 0 Å². The second-order valence-electron chi connectivity index (χ2n) is 4.29. The molecule has 0 saturated heterocycles. The van der Waals surface area contributed by atoms with Gasteiger partial charge in [0, 0.05) is 12.6 Å². The predicted octanol–water partition coefficient (Wildman–Crippen LogP) is 1.67. The lowest BCUT2D eigenvalue weighted by Crippen LogP contribution is -2.15. The molecule has 0 unspecified atom stereocenters. The van der Waals surface area contributed by atoms with Crippen LogP contribution in [0.2, 0.25) is 0 Å². The number of hydrogen-bond acceptors (Lipinski definition) is 2. The van der Waals surface area contributed by atoms with E-state index in [0.29, 0.717) is 6.04 Å². The van der Waals surface area contributed by atoms with Crippen LogP contribution in [0.15, 0.2) is 0 Å². The first-order chi connectivity index (χ1) is 6.74. The summed E-state index contributed by atoms with van der Waals surface area (Å²) in [4.78, 5) is 0. The normalized spacial score (nSPS) is 15.1. The predicted molar refractivity (Wildman–Crippen MR) is 57.4 cm³/mol. The fraction of sp³-hybridized carbons (Fsp3) is 0.727. The average molecular weight is 193 g/mol. The fourth-order valence-corrected chi connectivity index (χ4v) is 2.26. The first kappa shape index (κ1) is 9.71. The second-order valence-corrected chi connectivity index (χ2v) is 4.29. The molecule has 0 radical (unpaired) electrons. The van der Waals surface area contributed by atoms with E-state index in [1.54, 1.807) is 0 Å². The maximum atomic E-state index is 4.69. The summed E-state index contributed by atoms with van der Waals surface area (Å²) in [5.41, 5.74) is 4.24. The van der Waals surface area contributed by atoms with Gasteiger partial charge in [-0.25, -0.2) is 0 Å². The van der Waals surface area contributed by atoms with Gasteiger partial charge in [-0.1, -0.05) is 0 Å². The van der Waals surface area contributed by atoms with Gasteiger partial charge in [0.25, 0.3) is 0 Å². The molecule has 3 heteroatoms. The standard InChI is InChI=1S/C11H19N3/c1-8(2)14-11(7-12-3)9-5-4-6-10(9)13-14/h8,12H,4-7H2,1-3H3. The summed E-state index contributed by atoms with van der Waals surface area (Å²) in [5.74, 6) is 0. The van der Waals surface area contributed by atoms with Crippen molar-refractivity contribution in [2.45, 2.75) is 45.7 Å². The molecule has 0 atom stereocenters. The van der Waals surface area contributed by atoms with Crippen LogP contribution < -0.4 is 5.32 Å². The van der Waals surface area contributed by atoms with Crippen LogP contribution in [0.25, 0.3) is 0 Å². The minimum absolute atomic E-state index is 0.476. The molecule has 0 fully saturated rings. The summed E-state index contributed by atoms with van der Waals surface area (Å²) in [6, 6.07) is 0.476. The molecule has 1 aromatic heterocycles. The Balaban J connectivity index is 2.40. The van der Waals surface area contributed by atoms with Crippen LogP contribution >= 0.6 is 0 Å². The van der Waals surface area contributed by atoms with Crippen LogP contribution in [0.1, 0.15) is 43.3 Å². The van der Waals surface area contributed by atoms with Crippen molar-refractivity contribution in [3.8, 4) is 0 Å². The number of aryl methyl sites for hydroxylation is 1. The Morgan fingerprint density at radius 2 is 2.21 bits per heavy atom. The first-order valence-corrected chi connectivity index (χ1v) is 5.47. The summed E-state index contributed by atoms with van der Waals surface area (Å²) in [5, 5.41) is 7.92. The van der Waals surface area contributed by atoms with Gasteiger partial charge in [0.2, 0.25) is 0 Å². The number of fused-ring (bicyclic) bond motifs is 1. The Bertz CT molecular complexity index is 326. The van der Waals surface area contributed by atoms with Gasteiger partial charge < -0.3 is 5.32 Å². The zero-order valence-electron chi connectivity index (χ0n) is 9.30. The summed E-state index contributed by atoms with van der Waals surface area (Å²) in [7, 11) is 2.00. The zero-order valence-corrected chi connectivity index (χ0v) is 9.30. The maximum absolute atomic E-state index is 4.69. The van der Waals surface area contributed by atoms with Gasteiger partial charge in [-0.05, 0) is 45.7 Å². The van der Waals surface area contributed by atoms with Crippen LogP contribution in [0.4, 0.5) is 0 Å². The Morgan fingerprint density at radius 3 is 2.86 bits per heavy atom. The molecular formula is C11H19N3. The Kier molecular flexibility index (Phi) is 2.59. The van der Waals surface area contributed by atoms with Crippen molar-refractivity contribution < 1.29 is 0 Å². The minimum Gasteiger partial charge on any atom is -0.314 e. The van der Waals surface area contributed by atoms with Crippen molar-refractivity contribution in [2.75, 3.05) is 7.05 Å². The minimum atomic E-state index is 0.476. The first-order valence-electron chi connectivity index (χ1n) is 5.47. The van der Waals surface area contributed by atoms with Crippen molar-refractivity contribution >= 4 is 0 Å². The molecule has 14 heavy (non-hydrogen) atoms. The molecule has 1 aliphatic rings. The molecule has 0 aromatic carbocycles. The average Bonchev–Trinajstić information content (AvgIpc) is 2.67. The number of nitrogens with one attached hydrogen (secondary N) is 1. The molecule has 78 valence electrons. The molecule has 0 aliphatic heterocycles. The van der Waals surface area contributed by atoms with E-state index in [9.17, 15) is 0 Å². The molecule has 0 amide bonds. The smallest absolute Gasteiger partial charge is 0.0660 e. The van der Waals surface area contributed by atoms with Gasteiger partial charge in [0.05, 0.1) is 11.4 Å². The molecule has 1 heterocycles. The highest BCUT2D eigenvalue weighted by Gasteiger charge is 2.22. The topological polar surface area (TPSA) is 29.9 Å². The lowest BCUT2D eigenvalue weighted by atomic mass is 10.2. The van der Waals surface area contributed by atoms with Gasteiger partial charge in [-0.15, -0.1) is 0 Å². The SMILES string of the molecule is CNCc1c2c(nn1C(C)C)CCC2. The molecule has 3 nitrogen and oxygen atoms in total. The summed E-state index contributed by atoms with van der Waals surface area (Å²) >= 11 is 0. The van der Waals surface area contributed by atoms with Crippen LogP contribution in [0, 0.1) is 0 Å². The van der Waals surface area contributed by atoms with E-state index in [0.717, 1.165) is 6.54 Å².